The molecular formula is C8H14FN3. The number of nitrogens with zero attached hydrogens (tertiary/aromatic N) is 2. The minimum atomic E-state index is -0.238. The van der Waals surface area contributed by atoms with Crippen LogP contribution in [0, 0.1) is 0 Å². The van der Waals surface area contributed by atoms with E-state index in [1.54, 1.807) is 12.5 Å². The van der Waals surface area contributed by atoms with Gasteiger partial charge in [-0.1, -0.05) is 0 Å². The van der Waals surface area contributed by atoms with Crippen molar-refractivity contribution in [2.24, 2.45) is 0 Å². The number of nitrogens with one attached hydrogen (secondary N) is 1. The van der Waals surface area contributed by atoms with Crippen LogP contribution in [0.3, 0.4) is 0 Å². The zero-order valence-electron chi connectivity index (χ0n) is 7.04. The lowest BCUT2D eigenvalue weighted by molar-refractivity contribution is 0.455. The van der Waals surface area contributed by atoms with Crippen molar-refractivity contribution in [3.8, 4) is 0 Å². The third kappa shape index (κ3) is 3.48. The fourth-order valence-electron chi connectivity index (χ4n) is 0.944. The first kappa shape index (κ1) is 9.19. The van der Waals surface area contributed by atoms with E-state index in [4.69, 9.17) is 0 Å². The van der Waals surface area contributed by atoms with Crippen LogP contribution >= 0.6 is 0 Å². The van der Waals surface area contributed by atoms with E-state index in [1.807, 2.05) is 10.8 Å². The van der Waals surface area contributed by atoms with E-state index in [0.29, 0.717) is 6.42 Å². The normalized spacial score (nSPS) is 10.4. The maximum atomic E-state index is 11.6. The van der Waals surface area contributed by atoms with Crippen molar-refractivity contribution in [3.63, 3.8) is 0 Å². The average molecular weight is 171 g/mol. The number of imidazole rings is 1. The topological polar surface area (TPSA) is 29.9 Å². The molecule has 0 radical (unpaired) electrons. The predicted octanol–water partition coefficient (Wildman–Crippen LogP) is 0.832. The van der Waals surface area contributed by atoms with Gasteiger partial charge in [-0.25, -0.2) is 4.98 Å². The summed E-state index contributed by atoms with van der Waals surface area (Å²) in [6.07, 6.45) is 6.04. The van der Waals surface area contributed by atoms with Crippen LogP contribution in [0.25, 0.3) is 0 Å². The largest absolute Gasteiger partial charge is 0.336 e. The van der Waals surface area contributed by atoms with Crippen LogP contribution in [0.2, 0.25) is 0 Å². The Morgan fingerprint density at radius 3 is 3.00 bits per heavy atom. The molecule has 1 N–H and O–H groups in total. The Kier molecular flexibility index (Phi) is 4.37. The van der Waals surface area contributed by atoms with Gasteiger partial charge in [-0.15, -0.1) is 0 Å². The molecule has 12 heavy (non-hydrogen) atoms. The molecule has 0 amide bonds. The van der Waals surface area contributed by atoms with E-state index in [1.165, 1.54) is 0 Å². The zero-order chi connectivity index (χ0) is 8.65. The Hall–Kier alpha value is -0.900. The van der Waals surface area contributed by atoms with Gasteiger partial charge in [-0.05, 0) is 13.0 Å². The van der Waals surface area contributed by atoms with E-state index < -0.39 is 0 Å². The molecule has 0 aromatic carbocycles. The van der Waals surface area contributed by atoms with Gasteiger partial charge in [0.05, 0.1) is 13.0 Å². The standard InChI is InChI=1S/C8H14FN3/c9-2-1-3-10-4-6-12-7-5-11-8-12/h5,7-8,10H,1-4,6H2. The van der Waals surface area contributed by atoms with E-state index in [-0.39, 0.29) is 6.67 Å². The average Bonchev–Trinajstić information content (AvgIpc) is 2.57. The van der Waals surface area contributed by atoms with Crippen molar-refractivity contribution in [2.75, 3.05) is 19.8 Å². The van der Waals surface area contributed by atoms with E-state index in [9.17, 15) is 4.39 Å². The van der Waals surface area contributed by atoms with Crippen molar-refractivity contribution in [1.82, 2.24) is 14.9 Å². The molecule has 0 aliphatic carbocycles. The molecule has 68 valence electrons. The summed E-state index contributed by atoms with van der Waals surface area (Å²) in [6, 6.07) is 0. The van der Waals surface area contributed by atoms with Crippen LogP contribution in [-0.2, 0) is 6.54 Å². The maximum Gasteiger partial charge on any atom is 0.0946 e. The van der Waals surface area contributed by atoms with Crippen molar-refractivity contribution in [2.45, 2.75) is 13.0 Å². The predicted molar refractivity (Wildman–Crippen MR) is 45.7 cm³/mol. The van der Waals surface area contributed by atoms with E-state index in [0.717, 1.165) is 19.6 Å². The van der Waals surface area contributed by atoms with Crippen LogP contribution in [-0.4, -0.2) is 29.3 Å². The molecule has 0 saturated heterocycles. The van der Waals surface area contributed by atoms with Gasteiger partial charge >= 0.3 is 0 Å². The van der Waals surface area contributed by atoms with Crippen molar-refractivity contribution < 1.29 is 4.39 Å². The summed E-state index contributed by atoms with van der Waals surface area (Å²) in [5.74, 6) is 0. The molecule has 0 spiro atoms. The summed E-state index contributed by atoms with van der Waals surface area (Å²) in [7, 11) is 0. The van der Waals surface area contributed by atoms with Gasteiger partial charge < -0.3 is 9.88 Å². The van der Waals surface area contributed by atoms with Crippen LogP contribution in [0.5, 0.6) is 0 Å². The molecule has 1 aromatic rings. The lowest BCUT2D eigenvalue weighted by Gasteiger charge is -2.03. The highest BCUT2D eigenvalue weighted by Crippen LogP contribution is 1.83. The third-order valence-corrected chi connectivity index (χ3v) is 1.59. The monoisotopic (exact) mass is 171 g/mol. The molecular weight excluding hydrogens is 157 g/mol. The number of rotatable bonds is 6. The Labute approximate surface area is 71.6 Å². The molecule has 1 heterocycles. The van der Waals surface area contributed by atoms with Gasteiger partial charge in [0.2, 0.25) is 0 Å². The molecule has 1 rings (SSSR count). The summed E-state index contributed by atoms with van der Waals surface area (Å²) in [5, 5.41) is 3.14. The molecule has 3 nitrogen and oxygen atoms in total. The zero-order valence-corrected chi connectivity index (χ0v) is 7.04. The van der Waals surface area contributed by atoms with E-state index >= 15 is 0 Å². The number of aromatic nitrogens is 2. The second-order valence-electron chi connectivity index (χ2n) is 2.59. The molecule has 0 fully saturated rings. The molecule has 0 aliphatic rings. The maximum absolute atomic E-state index is 11.6. The SMILES string of the molecule is FCCCNCCn1ccnc1. The minimum absolute atomic E-state index is 0.238. The fourth-order valence-corrected chi connectivity index (χ4v) is 0.944. The van der Waals surface area contributed by atoms with Crippen molar-refractivity contribution in [3.05, 3.63) is 18.7 Å². The quantitative estimate of drug-likeness (QED) is 0.642. The highest BCUT2D eigenvalue weighted by molar-refractivity contribution is 4.73. The molecule has 0 saturated carbocycles. The third-order valence-electron chi connectivity index (χ3n) is 1.59. The summed E-state index contributed by atoms with van der Waals surface area (Å²) in [6.45, 7) is 2.28. The first-order valence-corrected chi connectivity index (χ1v) is 4.16. The van der Waals surface area contributed by atoms with Gasteiger partial charge in [0.15, 0.2) is 0 Å². The number of hydrogen-bond donors (Lipinski definition) is 1. The molecule has 1 aromatic heterocycles. The Balaban J connectivity index is 1.96. The van der Waals surface area contributed by atoms with Gasteiger partial charge in [-0.2, -0.15) is 0 Å². The van der Waals surface area contributed by atoms with Crippen LogP contribution in [0.1, 0.15) is 6.42 Å². The summed E-state index contributed by atoms with van der Waals surface area (Å²) >= 11 is 0. The smallest absolute Gasteiger partial charge is 0.0946 e. The van der Waals surface area contributed by atoms with Crippen molar-refractivity contribution >= 4 is 0 Å². The van der Waals surface area contributed by atoms with E-state index in [2.05, 4.69) is 10.3 Å². The Morgan fingerprint density at radius 2 is 2.33 bits per heavy atom. The van der Waals surface area contributed by atoms with Crippen LogP contribution in [0.4, 0.5) is 4.39 Å². The summed E-state index contributed by atoms with van der Waals surface area (Å²) in [4.78, 5) is 3.91. The van der Waals surface area contributed by atoms with Gasteiger partial charge in [0.1, 0.15) is 0 Å². The first-order chi connectivity index (χ1) is 5.93. The van der Waals surface area contributed by atoms with Crippen LogP contribution in [0.15, 0.2) is 18.7 Å². The number of alkyl halides is 1. The van der Waals surface area contributed by atoms with Gasteiger partial charge in [-0.3, -0.25) is 4.39 Å². The van der Waals surface area contributed by atoms with Gasteiger partial charge in [0.25, 0.3) is 0 Å². The number of halogens is 1. The highest BCUT2D eigenvalue weighted by Gasteiger charge is 1.89. The lowest BCUT2D eigenvalue weighted by Crippen LogP contribution is -2.20. The second-order valence-corrected chi connectivity index (χ2v) is 2.59. The Bertz CT molecular complexity index is 186. The Morgan fingerprint density at radius 1 is 1.42 bits per heavy atom. The van der Waals surface area contributed by atoms with Crippen molar-refractivity contribution in [1.29, 1.82) is 0 Å². The van der Waals surface area contributed by atoms with Gasteiger partial charge in [0, 0.05) is 25.5 Å². The second kappa shape index (κ2) is 5.71. The first-order valence-electron chi connectivity index (χ1n) is 4.16. The minimum Gasteiger partial charge on any atom is -0.336 e. The molecule has 0 bridgehead atoms. The lowest BCUT2D eigenvalue weighted by atomic mass is 10.4. The van der Waals surface area contributed by atoms with Crippen LogP contribution < -0.4 is 5.32 Å². The fraction of sp³-hybridized carbons (Fsp3) is 0.625. The summed E-state index contributed by atoms with van der Waals surface area (Å²) < 4.78 is 13.6. The highest BCUT2D eigenvalue weighted by atomic mass is 19.1. The molecule has 0 atom stereocenters. The number of hydrogen-bond acceptors (Lipinski definition) is 2. The summed E-state index contributed by atoms with van der Waals surface area (Å²) in [5.41, 5.74) is 0. The molecule has 0 aliphatic heterocycles. The molecule has 4 heteroatoms. The molecule has 0 unspecified atom stereocenters.